The molecule has 0 spiro atoms. The molecule has 1 aliphatic rings. The number of carbonyl (C=O) groups is 2. The highest BCUT2D eigenvalue weighted by atomic mass is 16.5. The van der Waals surface area contributed by atoms with Crippen molar-refractivity contribution >= 4 is 11.9 Å². The lowest BCUT2D eigenvalue weighted by molar-refractivity contribution is -0.142. The lowest BCUT2D eigenvalue weighted by Gasteiger charge is -2.22. The van der Waals surface area contributed by atoms with Crippen LogP contribution in [0.3, 0.4) is 0 Å². The first-order valence-electron chi connectivity index (χ1n) is 6.26. The summed E-state index contributed by atoms with van der Waals surface area (Å²) in [5.41, 5.74) is 0. The Balaban J connectivity index is 2.01. The fourth-order valence-electron chi connectivity index (χ4n) is 1.99. The van der Waals surface area contributed by atoms with Crippen LogP contribution in [0.1, 0.15) is 32.1 Å². The Morgan fingerprint density at radius 1 is 1.29 bits per heavy atom. The molecule has 0 aromatic rings. The molecule has 98 valence electrons. The van der Waals surface area contributed by atoms with Gasteiger partial charge < -0.3 is 15.4 Å². The van der Waals surface area contributed by atoms with E-state index in [0.717, 1.165) is 25.4 Å². The standard InChI is InChI=1S/C12H22N2O3/c1-17-12(16)3-2-11(15)14-9-6-10-4-7-13-8-5-10/h10,13H,2-9H2,1H3,(H,14,15). The van der Waals surface area contributed by atoms with E-state index in [-0.39, 0.29) is 24.7 Å². The Kier molecular flexibility index (Phi) is 6.62. The maximum atomic E-state index is 11.4. The van der Waals surface area contributed by atoms with Gasteiger partial charge in [-0.25, -0.2) is 0 Å². The molecule has 0 aliphatic carbocycles. The van der Waals surface area contributed by atoms with Crippen LogP contribution in [-0.2, 0) is 14.3 Å². The van der Waals surface area contributed by atoms with Gasteiger partial charge in [-0.2, -0.15) is 0 Å². The third kappa shape index (κ3) is 6.26. The molecule has 1 fully saturated rings. The Labute approximate surface area is 102 Å². The summed E-state index contributed by atoms with van der Waals surface area (Å²) in [7, 11) is 1.33. The van der Waals surface area contributed by atoms with Crippen molar-refractivity contribution in [1.82, 2.24) is 10.6 Å². The molecule has 1 amide bonds. The van der Waals surface area contributed by atoms with Crippen LogP contribution in [-0.4, -0.2) is 38.6 Å². The van der Waals surface area contributed by atoms with Crippen LogP contribution in [0.15, 0.2) is 0 Å². The molecule has 0 unspecified atom stereocenters. The number of methoxy groups -OCH3 is 1. The van der Waals surface area contributed by atoms with Crippen LogP contribution < -0.4 is 10.6 Å². The van der Waals surface area contributed by atoms with Gasteiger partial charge in [0.25, 0.3) is 0 Å². The third-order valence-corrected chi connectivity index (χ3v) is 3.12. The lowest BCUT2D eigenvalue weighted by atomic mass is 9.95. The average molecular weight is 242 g/mol. The van der Waals surface area contributed by atoms with Crippen molar-refractivity contribution in [2.45, 2.75) is 32.1 Å². The second-order valence-corrected chi connectivity index (χ2v) is 4.41. The van der Waals surface area contributed by atoms with Crippen LogP contribution in [0.25, 0.3) is 0 Å². The molecule has 5 heteroatoms. The minimum absolute atomic E-state index is 0.0654. The maximum Gasteiger partial charge on any atom is 0.306 e. The van der Waals surface area contributed by atoms with Crippen LogP contribution >= 0.6 is 0 Å². The lowest BCUT2D eigenvalue weighted by Crippen LogP contribution is -2.31. The topological polar surface area (TPSA) is 67.4 Å². The minimum atomic E-state index is -0.335. The Morgan fingerprint density at radius 2 is 2.00 bits per heavy atom. The molecule has 0 bridgehead atoms. The van der Waals surface area contributed by atoms with Gasteiger partial charge in [0.2, 0.25) is 5.91 Å². The third-order valence-electron chi connectivity index (χ3n) is 3.12. The van der Waals surface area contributed by atoms with Gasteiger partial charge in [-0.1, -0.05) is 0 Å². The summed E-state index contributed by atoms with van der Waals surface area (Å²) in [5, 5.41) is 6.16. The van der Waals surface area contributed by atoms with E-state index in [1.54, 1.807) is 0 Å². The molecule has 2 N–H and O–H groups in total. The summed E-state index contributed by atoms with van der Waals surface area (Å²) in [4.78, 5) is 22.2. The minimum Gasteiger partial charge on any atom is -0.469 e. The monoisotopic (exact) mass is 242 g/mol. The first-order chi connectivity index (χ1) is 8.22. The van der Waals surface area contributed by atoms with Crippen molar-refractivity contribution < 1.29 is 14.3 Å². The molecule has 1 rings (SSSR count). The molecule has 0 radical (unpaired) electrons. The van der Waals surface area contributed by atoms with E-state index in [1.165, 1.54) is 20.0 Å². The number of amides is 1. The molecule has 0 saturated carbocycles. The Bertz CT molecular complexity index is 250. The molecular formula is C12H22N2O3. The smallest absolute Gasteiger partial charge is 0.306 e. The van der Waals surface area contributed by atoms with Gasteiger partial charge in [-0.05, 0) is 38.3 Å². The number of ether oxygens (including phenoxy) is 1. The van der Waals surface area contributed by atoms with Crippen LogP contribution in [0.4, 0.5) is 0 Å². The zero-order valence-corrected chi connectivity index (χ0v) is 10.5. The first-order valence-corrected chi connectivity index (χ1v) is 6.26. The van der Waals surface area contributed by atoms with Crippen molar-refractivity contribution in [1.29, 1.82) is 0 Å². The van der Waals surface area contributed by atoms with Gasteiger partial charge in [0.15, 0.2) is 0 Å². The van der Waals surface area contributed by atoms with E-state index >= 15 is 0 Å². The second kappa shape index (κ2) is 8.06. The van der Waals surface area contributed by atoms with E-state index < -0.39 is 0 Å². The van der Waals surface area contributed by atoms with Gasteiger partial charge in [-0.3, -0.25) is 9.59 Å². The predicted octanol–water partition coefficient (Wildman–Crippen LogP) is 0.445. The van der Waals surface area contributed by atoms with Crippen LogP contribution in [0, 0.1) is 5.92 Å². The number of nitrogens with one attached hydrogen (secondary N) is 2. The van der Waals surface area contributed by atoms with Gasteiger partial charge in [0.05, 0.1) is 13.5 Å². The summed E-state index contributed by atoms with van der Waals surface area (Å²) in [6.45, 7) is 2.88. The Hall–Kier alpha value is -1.10. The normalized spacial score (nSPS) is 16.5. The first kappa shape index (κ1) is 14.0. The van der Waals surface area contributed by atoms with Gasteiger partial charge in [0.1, 0.15) is 0 Å². The van der Waals surface area contributed by atoms with Crippen molar-refractivity contribution in [3.8, 4) is 0 Å². The van der Waals surface area contributed by atoms with Gasteiger partial charge in [-0.15, -0.1) is 0 Å². The SMILES string of the molecule is COC(=O)CCC(=O)NCCC1CCNCC1. The van der Waals surface area contributed by atoms with Crippen LogP contribution in [0.5, 0.6) is 0 Å². The molecule has 0 aromatic heterocycles. The van der Waals surface area contributed by atoms with Crippen molar-refractivity contribution in [3.05, 3.63) is 0 Å². The second-order valence-electron chi connectivity index (χ2n) is 4.41. The molecule has 0 aromatic carbocycles. The van der Waals surface area contributed by atoms with Crippen molar-refractivity contribution in [2.24, 2.45) is 5.92 Å². The van der Waals surface area contributed by atoms with E-state index in [4.69, 9.17) is 0 Å². The summed E-state index contributed by atoms with van der Waals surface area (Å²) < 4.78 is 4.47. The number of hydrogen-bond donors (Lipinski definition) is 2. The van der Waals surface area contributed by atoms with Gasteiger partial charge >= 0.3 is 5.97 Å². The summed E-state index contributed by atoms with van der Waals surface area (Å²) >= 11 is 0. The summed E-state index contributed by atoms with van der Waals surface area (Å²) in [5.74, 6) is 0.319. The molecule has 17 heavy (non-hydrogen) atoms. The number of esters is 1. The fraction of sp³-hybridized carbons (Fsp3) is 0.833. The zero-order chi connectivity index (χ0) is 12.5. The van der Waals surface area contributed by atoms with E-state index in [2.05, 4.69) is 15.4 Å². The zero-order valence-electron chi connectivity index (χ0n) is 10.5. The van der Waals surface area contributed by atoms with Crippen molar-refractivity contribution in [3.63, 3.8) is 0 Å². The number of piperidine rings is 1. The van der Waals surface area contributed by atoms with E-state index in [1.807, 2.05) is 0 Å². The number of carbonyl (C=O) groups excluding carboxylic acids is 2. The quantitative estimate of drug-likeness (QED) is 0.663. The predicted molar refractivity (Wildman–Crippen MR) is 64.5 cm³/mol. The summed E-state index contributed by atoms with van der Waals surface area (Å²) in [6, 6.07) is 0. The summed E-state index contributed by atoms with van der Waals surface area (Å²) in [6.07, 6.45) is 3.80. The largest absolute Gasteiger partial charge is 0.469 e. The van der Waals surface area contributed by atoms with Crippen LogP contribution in [0.2, 0.25) is 0 Å². The average Bonchev–Trinajstić information content (AvgIpc) is 2.37. The molecule has 1 heterocycles. The Morgan fingerprint density at radius 3 is 2.65 bits per heavy atom. The molecule has 1 aliphatic heterocycles. The highest BCUT2D eigenvalue weighted by Gasteiger charge is 2.13. The molecular weight excluding hydrogens is 220 g/mol. The molecule has 0 atom stereocenters. The maximum absolute atomic E-state index is 11.4. The van der Waals surface area contributed by atoms with Crippen molar-refractivity contribution in [2.75, 3.05) is 26.7 Å². The molecule has 5 nitrogen and oxygen atoms in total. The van der Waals surface area contributed by atoms with Gasteiger partial charge in [0, 0.05) is 13.0 Å². The molecule has 1 saturated heterocycles. The van der Waals surface area contributed by atoms with E-state index in [9.17, 15) is 9.59 Å². The highest BCUT2D eigenvalue weighted by Crippen LogP contribution is 2.14. The number of hydrogen-bond acceptors (Lipinski definition) is 4. The highest BCUT2D eigenvalue weighted by molar-refractivity contribution is 5.81. The fourth-order valence-corrected chi connectivity index (χ4v) is 1.99. The number of rotatable bonds is 6. The van der Waals surface area contributed by atoms with E-state index in [0.29, 0.717) is 6.54 Å².